The number of rotatable bonds is 7. The van der Waals surface area contributed by atoms with Crippen LogP contribution in [0.4, 0.5) is 0 Å². The molecule has 0 saturated carbocycles. The lowest BCUT2D eigenvalue weighted by Gasteiger charge is -2.34. The normalized spacial score (nSPS) is 14.2. The van der Waals surface area contributed by atoms with Crippen LogP contribution in [0.1, 0.15) is 41.2 Å². The average molecular weight is 400 g/mol. The SMILES string of the molecule is COc1cc(C(=O)N2CCN(C(=O)c3ccco3)CC2)ccc1OCCC(C)C. The molecule has 0 spiro atoms. The van der Waals surface area contributed by atoms with Gasteiger partial charge in [0.25, 0.3) is 11.8 Å². The topological polar surface area (TPSA) is 72.2 Å². The lowest BCUT2D eigenvalue weighted by Crippen LogP contribution is -2.50. The van der Waals surface area contributed by atoms with Gasteiger partial charge in [-0.15, -0.1) is 0 Å². The van der Waals surface area contributed by atoms with E-state index in [-0.39, 0.29) is 11.8 Å². The van der Waals surface area contributed by atoms with Crippen molar-refractivity contribution in [3.05, 3.63) is 47.9 Å². The standard InChI is InChI=1S/C22H28N2O5/c1-16(2)8-14-29-18-7-6-17(15-20(18)27-3)21(25)23-9-11-24(12-10-23)22(26)19-5-4-13-28-19/h4-7,13,15-16H,8-12,14H2,1-3H3. The summed E-state index contributed by atoms with van der Waals surface area (Å²) in [4.78, 5) is 28.7. The number of piperazine rings is 1. The molecule has 1 aliphatic heterocycles. The lowest BCUT2D eigenvalue weighted by molar-refractivity contribution is 0.0518. The van der Waals surface area contributed by atoms with E-state index in [0.29, 0.717) is 61.5 Å². The molecule has 7 nitrogen and oxygen atoms in total. The summed E-state index contributed by atoms with van der Waals surface area (Å²) in [7, 11) is 1.57. The van der Waals surface area contributed by atoms with E-state index in [4.69, 9.17) is 13.9 Å². The zero-order chi connectivity index (χ0) is 20.8. The summed E-state index contributed by atoms with van der Waals surface area (Å²) in [6.07, 6.45) is 2.43. The first kappa shape index (κ1) is 20.8. The fourth-order valence-corrected chi connectivity index (χ4v) is 3.18. The van der Waals surface area contributed by atoms with Crippen LogP contribution in [0.2, 0.25) is 0 Å². The second-order valence-corrected chi connectivity index (χ2v) is 7.46. The molecule has 1 aromatic carbocycles. The fraction of sp³-hybridized carbons (Fsp3) is 0.455. The zero-order valence-corrected chi connectivity index (χ0v) is 17.2. The number of furan rings is 1. The van der Waals surface area contributed by atoms with Gasteiger partial charge in [0, 0.05) is 31.7 Å². The highest BCUT2D eigenvalue weighted by molar-refractivity contribution is 5.95. The Kier molecular flexibility index (Phi) is 6.80. The van der Waals surface area contributed by atoms with E-state index in [1.807, 2.05) is 0 Å². The Morgan fingerprint density at radius 2 is 1.72 bits per heavy atom. The van der Waals surface area contributed by atoms with Gasteiger partial charge in [0.15, 0.2) is 17.3 Å². The molecule has 2 heterocycles. The molecule has 1 aromatic heterocycles. The van der Waals surface area contributed by atoms with E-state index in [1.54, 1.807) is 47.2 Å². The van der Waals surface area contributed by atoms with Crippen LogP contribution < -0.4 is 9.47 Å². The molecule has 0 radical (unpaired) electrons. The third kappa shape index (κ3) is 5.10. The number of methoxy groups -OCH3 is 1. The summed E-state index contributed by atoms with van der Waals surface area (Å²) in [5.74, 6) is 1.83. The van der Waals surface area contributed by atoms with Crippen LogP contribution >= 0.6 is 0 Å². The Bertz CT molecular complexity index is 824. The lowest BCUT2D eigenvalue weighted by atomic mass is 10.1. The van der Waals surface area contributed by atoms with E-state index >= 15 is 0 Å². The number of carbonyl (C=O) groups is 2. The summed E-state index contributed by atoms with van der Waals surface area (Å²) in [6.45, 7) is 6.78. The first-order valence-electron chi connectivity index (χ1n) is 9.92. The van der Waals surface area contributed by atoms with Gasteiger partial charge in [-0.25, -0.2) is 0 Å². The van der Waals surface area contributed by atoms with Gasteiger partial charge >= 0.3 is 0 Å². The minimum absolute atomic E-state index is 0.0814. The predicted molar refractivity (Wildman–Crippen MR) is 108 cm³/mol. The number of nitrogens with zero attached hydrogens (tertiary/aromatic N) is 2. The van der Waals surface area contributed by atoms with Gasteiger partial charge in [-0.1, -0.05) is 13.8 Å². The number of amides is 2. The van der Waals surface area contributed by atoms with Crippen molar-refractivity contribution < 1.29 is 23.5 Å². The van der Waals surface area contributed by atoms with Crippen molar-refractivity contribution >= 4 is 11.8 Å². The summed E-state index contributed by atoms with van der Waals surface area (Å²) in [6, 6.07) is 8.60. The van der Waals surface area contributed by atoms with E-state index in [9.17, 15) is 9.59 Å². The zero-order valence-electron chi connectivity index (χ0n) is 17.2. The molecule has 0 atom stereocenters. The number of hydrogen-bond acceptors (Lipinski definition) is 5. The van der Waals surface area contributed by atoms with Crippen LogP contribution in [0, 0.1) is 5.92 Å². The molecule has 2 aromatic rings. The minimum atomic E-state index is -0.147. The van der Waals surface area contributed by atoms with Crippen LogP contribution in [0.3, 0.4) is 0 Å². The van der Waals surface area contributed by atoms with E-state index < -0.39 is 0 Å². The molecule has 0 N–H and O–H groups in total. The number of benzene rings is 1. The van der Waals surface area contributed by atoms with Crippen LogP contribution in [-0.2, 0) is 0 Å². The van der Waals surface area contributed by atoms with Crippen molar-refractivity contribution in [2.24, 2.45) is 5.92 Å². The number of carbonyl (C=O) groups excluding carboxylic acids is 2. The highest BCUT2D eigenvalue weighted by atomic mass is 16.5. The van der Waals surface area contributed by atoms with Crippen LogP contribution in [0.15, 0.2) is 41.0 Å². The van der Waals surface area contributed by atoms with Gasteiger partial charge in [0.2, 0.25) is 0 Å². The summed E-state index contributed by atoms with van der Waals surface area (Å²) in [5.41, 5.74) is 0.545. The summed E-state index contributed by atoms with van der Waals surface area (Å²) >= 11 is 0. The molecule has 0 unspecified atom stereocenters. The van der Waals surface area contributed by atoms with E-state index in [0.717, 1.165) is 6.42 Å². The van der Waals surface area contributed by atoms with Gasteiger partial charge in [0.05, 0.1) is 20.0 Å². The first-order valence-corrected chi connectivity index (χ1v) is 9.92. The Hall–Kier alpha value is -2.96. The molecular formula is C22H28N2O5. The van der Waals surface area contributed by atoms with Gasteiger partial charge < -0.3 is 23.7 Å². The van der Waals surface area contributed by atoms with Crippen molar-refractivity contribution in [2.75, 3.05) is 39.9 Å². The third-order valence-electron chi connectivity index (χ3n) is 4.95. The molecule has 3 rings (SSSR count). The molecule has 1 fully saturated rings. The summed E-state index contributed by atoms with van der Waals surface area (Å²) in [5, 5.41) is 0. The molecule has 1 saturated heterocycles. The molecule has 156 valence electrons. The largest absolute Gasteiger partial charge is 0.493 e. The van der Waals surface area contributed by atoms with Crippen LogP contribution in [0.5, 0.6) is 11.5 Å². The Morgan fingerprint density at radius 1 is 1.03 bits per heavy atom. The van der Waals surface area contributed by atoms with Crippen LogP contribution in [-0.4, -0.2) is 61.5 Å². The van der Waals surface area contributed by atoms with Gasteiger partial charge in [-0.3, -0.25) is 9.59 Å². The Morgan fingerprint density at radius 3 is 2.31 bits per heavy atom. The smallest absolute Gasteiger partial charge is 0.289 e. The maximum Gasteiger partial charge on any atom is 0.289 e. The van der Waals surface area contributed by atoms with Crippen molar-refractivity contribution in [3.8, 4) is 11.5 Å². The van der Waals surface area contributed by atoms with Crippen molar-refractivity contribution in [3.63, 3.8) is 0 Å². The van der Waals surface area contributed by atoms with Gasteiger partial charge in [-0.2, -0.15) is 0 Å². The van der Waals surface area contributed by atoms with Crippen LogP contribution in [0.25, 0.3) is 0 Å². The van der Waals surface area contributed by atoms with Crippen molar-refractivity contribution in [1.29, 1.82) is 0 Å². The average Bonchev–Trinajstić information content (AvgIpc) is 3.27. The maximum atomic E-state index is 12.9. The van der Waals surface area contributed by atoms with Crippen molar-refractivity contribution in [1.82, 2.24) is 9.80 Å². The Balaban J connectivity index is 1.59. The van der Waals surface area contributed by atoms with Gasteiger partial charge in [-0.05, 0) is 42.7 Å². The summed E-state index contributed by atoms with van der Waals surface area (Å²) < 4.78 is 16.4. The van der Waals surface area contributed by atoms with E-state index in [1.165, 1.54) is 6.26 Å². The Labute approximate surface area is 171 Å². The molecule has 7 heteroatoms. The number of hydrogen-bond donors (Lipinski definition) is 0. The molecule has 29 heavy (non-hydrogen) atoms. The number of ether oxygens (including phenoxy) is 2. The third-order valence-corrected chi connectivity index (χ3v) is 4.95. The first-order chi connectivity index (χ1) is 14.0. The quantitative estimate of drug-likeness (QED) is 0.713. The van der Waals surface area contributed by atoms with Crippen molar-refractivity contribution in [2.45, 2.75) is 20.3 Å². The second-order valence-electron chi connectivity index (χ2n) is 7.46. The predicted octanol–water partition coefficient (Wildman–Crippen LogP) is 3.31. The minimum Gasteiger partial charge on any atom is -0.493 e. The molecular weight excluding hydrogens is 372 g/mol. The molecule has 0 aliphatic carbocycles. The van der Waals surface area contributed by atoms with E-state index in [2.05, 4.69) is 13.8 Å². The fourth-order valence-electron chi connectivity index (χ4n) is 3.18. The molecule has 2 amide bonds. The highest BCUT2D eigenvalue weighted by Crippen LogP contribution is 2.29. The highest BCUT2D eigenvalue weighted by Gasteiger charge is 2.27. The second kappa shape index (κ2) is 9.49. The monoisotopic (exact) mass is 400 g/mol. The maximum absolute atomic E-state index is 12.9. The van der Waals surface area contributed by atoms with Gasteiger partial charge in [0.1, 0.15) is 0 Å². The molecule has 1 aliphatic rings. The molecule has 0 bridgehead atoms.